The van der Waals surface area contributed by atoms with Gasteiger partial charge in [-0.25, -0.2) is 15.0 Å². The van der Waals surface area contributed by atoms with Gasteiger partial charge in [0.15, 0.2) is 5.01 Å². The first-order valence-corrected chi connectivity index (χ1v) is 5.17. The summed E-state index contributed by atoms with van der Waals surface area (Å²) in [6.07, 6.45) is -2.13. The monoisotopic (exact) mass is 265 g/mol. The minimum absolute atomic E-state index is 0.173. The van der Waals surface area contributed by atoms with Crippen molar-refractivity contribution in [2.45, 2.75) is 6.18 Å². The van der Waals surface area contributed by atoms with Crippen molar-refractivity contribution in [2.24, 2.45) is 0 Å². The third-order valence-corrected chi connectivity index (χ3v) is 2.91. The molecule has 8 heteroatoms. The van der Waals surface area contributed by atoms with E-state index in [-0.39, 0.29) is 5.15 Å². The van der Waals surface area contributed by atoms with Crippen LogP contribution in [0.25, 0.3) is 10.6 Å². The van der Waals surface area contributed by atoms with Gasteiger partial charge >= 0.3 is 6.18 Å². The molecule has 2 rings (SSSR count). The van der Waals surface area contributed by atoms with Gasteiger partial charge < -0.3 is 0 Å². The lowest BCUT2D eigenvalue weighted by atomic mass is 10.4. The summed E-state index contributed by atoms with van der Waals surface area (Å²) in [5.74, 6) is 0. The molecular weight excluding hydrogens is 263 g/mol. The molecule has 16 heavy (non-hydrogen) atoms. The zero-order chi connectivity index (χ0) is 11.8. The number of hydrogen-bond donors (Lipinski definition) is 0. The van der Waals surface area contributed by atoms with Crippen LogP contribution in [0.15, 0.2) is 18.6 Å². The van der Waals surface area contributed by atoms with E-state index in [1.54, 1.807) is 0 Å². The van der Waals surface area contributed by atoms with Gasteiger partial charge in [-0.3, -0.25) is 0 Å². The van der Waals surface area contributed by atoms with Crippen LogP contribution >= 0.6 is 22.9 Å². The highest BCUT2D eigenvalue weighted by atomic mass is 35.5. The lowest BCUT2D eigenvalue weighted by Crippen LogP contribution is -2.02. The van der Waals surface area contributed by atoms with Crippen molar-refractivity contribution in [3.8, 4) is 10.6 Å². The highest BCUT2D eigenvalue weighted by Gasteiger charge is 2.34. The Morgan fingerprint density at radius 3 is 2.50 bits per heavy atom. The molecule has 0 aliphatic heterocycles. The van der Waals surface area contributed by atoms with E-state index in [1.165, 1.54) is 12.4 Å². The zero-order valence-electron chi connectivity index (χ0n) is 7.49. The Labute approximate surface area is 97.0 Å². The van der Waals surface area contributed by atoms with E-state index in [1.807, 2.05) is 0 Å². The van der Waals surface area contributed by atoms with Gasteiger partial charge in [0.1, 0.15) is 11.5 Å². The summed E-state index contributed by atoms with van der Waals surface area (Å²) in [7, 11) is 0. The smallest absolute Gasteiger partial charge is 0.240 e. The average molecular weight is 266 g/mol. The molecule has 0 N–H and O–H groups in total. The average Bonchev–Trinajstić information content (AvgIpc) is 2.65. The minimum atomic E-state index is -4.43. The highest BCUT2D eigenvalue weighted by Crippen LogP contribution is 2.35. The molecule has 2 aromatic rings. The summed E-state index contributed by atoms with van der Waals surface area (Å²) in [6.45, 7) is 0. The van der Waals surface area contributed by atoms with Crippen molar-refractivity contribution in [1.29, 1.82) is 0 Å². The number of aromatic nitrogens is 3. The molecule has 0 aromatic carbocycles. The molecule has 0 aliphatic carbocycles. The summed E-state index contributed by atoms with van der Waals surface area (Å²) < 4.78 is 36.9. The Morgan fingerprint density at radius 1 is 1.19 bits per heavy atom. The van der Waals surface area contributed by atoms with Crippen LogP contribution in [0.4, 0.5) is 13.2 Å². The summed E-state index contributed by atoms with van der Waals surface area (Å²) >= 11 is 6.12. The van der Waals surface area contributed by atoms with Crippen molar-refractivity contribution in [1.82, 2.24) is 15.0 Å². The largest absolute Gasteiger partial charge is 0.443 e. The van der Waals surface area contributed by atoms with E-state index >= 15 is 0 Å². The number of alkyl halides is 3. The van der Waals surface area contributed by atoms with Crippen LogP contribution in [0.5, 0.6) is 0 Å². The molecule has 0 saturated carbocycles. The zero-order valence-corrected chi connectivity index (χ0v) is 9.07. The Morgan fingerprint density at radius 2 is 1.94 bits per heavy atom. The van der Waals surface area contributed by atoms with E-state index in [0.717, 1.165) is 6.20 Å². The summed E-state index contributed by atoms with van der Waals surface area (Å²) in [5, 5.41) is -0.732. The maximum Gasteiger partial charge on any atom is 0.443 e. The third kappa shape index (κ3) is 2.30. The molecule has 0 amide bonds. The van der Waals surface area contributed by atoms with Crippen molar-refractivity contribution < 1.29 is 13.2 Å². The molecule has 0 fully saturated rings. The molecule has 0 spiro atoms. The second-order valence-electron chi connectivity index (χ2n) is 2.75. The fraction of sp³-hybridized carbons (Fsp3) is 0.125. The first-order valence-electron chi connectivity index (χ1n) is 3.98. The van der Waals surface area contributed by atoms with Crippen LogP contribution in [-0.2, 0) is 6.18 Å². The first-order chi connectivity index (χ1) is 7.47. The number of nitrogens with zero attached hydrogens (tertiary/aromatic N) is 3. The van der Waals surface area contributed by atoms with Gasteiger partial charge in [0.25, 0.3) is 0 Å². The number of halogens is 4. The highest BCUT2D eigenvalue weighted by molar-refractivity contribution is 7.15. The van der Waals surface area contributed by atoms with E-state index in [2.05, 4.69) is 15.0 Å². The lowest BCUT2D eigenvalue weighted by molar-refractivity contribution is -0.137. The molecule has 0 unspecified atom stereocenters. The van der Waals surface area contributed by atoms with Crippen LogP contribution < -0.4 is 0 Å². The molecule has 0 bridgehead atoms. The molecule has 84 valence electrons. The van der Waals surface area contributed by atoms with E-state index in [9.17, 15) is 13.2 Å². The molecule has 0 saturated heterocycles. The van der Waals surface area contributed by atoms with Gasteiger partial charge in [0, 0.05) is 12.3 Å². The Bertz CT molecular complexity index is 511. The quantitative estimate of drug-likeness (QED) is 0.743. The number of thiazole rings is 1. The van der Waals surface area contributed by atoms with Gasteiger partial charge in [0.2, 0.25) is 0 Å². The SMILES string of the molecule is FC(F)(F)c1ncc(-c2cc(Cl)ncn2)s1. The van der Waals surface area contributed by atoms with Gasteiger partial charge in [0.05, 0.1) is 10.6 Å². The predicted molar refractivity (Wildman–Crippen MR) is 53.2 cm³/mol. The van der Waals surface area contributed by atoms with Gasteiger partial charge in [-0.05, 0) is 0 Å². The Kier molecular flexibility index (Phi) is 2.81. The van der Waals surface area contributed by atoms with Crippen LogP contribution in [-0.4, -0.2) is 15.0 Å². The second kappa shape index (κ2) is 3.99. The molecule has 0 radical (unpaired) electrons. The molecule has 0 atom stereocenters. The molecule has 2 aromatic heterocycles. The summed E-state index contributed by atoms with van der Waals surface area (Å²) in [6, 6.07) is 1.38. The Balaban J connectivity index is 2.39. The summed E-state index contributed by atoms with van der Waals surface area (Å²) in [5.41, 5.74) is 0.327. The van der Waals surface area contributed by atoms with Crippen LogP contribution in [0.2, 0.25) is 5.15 Å². The van der Waals surface area contributed by atoms with Crippen molar-refractivity contribution >= 4 is 22.9 Å². The molecular formula is C8H3ClF3N3S. The maximum absolute atomic E-state index is 12.3. The van der Waals surface area contributed by atoms with Gasteiger partial charge in [-0.1, -0.05) is 11.6 Å². The van der Waals surface area contributed by atoms with Gasteiger partial charge in [-0.2, -0.15) is 13.2 Å². The van der Waals surface area contributed by atoms with Crippen molar-refractivity contribution in [3.05, 3.63) is 28.8 Å². The van der Waals surface area contributed by atoms with Crippen molar-refractivity contribution in [2.75, 3.05) is 0 Å². The van der Waals surface area contributed by atoms with Gasteiger partial charge in [-0.15, -0.1) is 11.3 Å². The predicted octanol–water partition coefficient (Wildman–Crippen LogP) is 3.27. The maximum atomic E-state index is 12.3. The topological polar surface area (TPSA) is 38.7 Å². The number of rotatable bonds is 1. The van der Waals surface area contributed by atoms with E-state index in [0.29, 0.717) is 21.9 Å². The van der Waals surface area contributed by atoms with Crippen LogP contribution in [0, 0.1) is 0 Å². The number of hydrogen-bond acceptors (Lipinski definition) is 4. The van der Waals surface area contributed by atoms with E-state index in [4.69, 9.17) is 11.6 Å². The third-order valence-electron chi connectivity index (χ3n) is 1.63. The minimum Gasteiger partial charge on any atom is -0.240 e. The van der Waals surface area contributed by atoms with Crippen molar-refractivity contribution in [3.63, 3.8) is 0 Å². The Hall–Kier alpha value is -1.21. The standard InChI is InChI=1S/C8H3ClF3N3S/c9-6-1-4(14-3-15-6)5-2-13-7(16-5)8(10,11)12/h1-3H. The normalized spacial score (nSPS) is 11.8. The van der Waals surface area contributed by atoms with Crippen LogP contribution in [0.3, 0.4) is 0 Å². The fourth-order valence-electron chi connectivity index (χ4n) is 0.992. The summed E-state index contributed by atoms with van der Waals surface area (Å²) in [4.78, 5) is 11.0. The second-order valence-corrected chi connectivity index (χ2v) is 4.17. The first kappa shape index (κ1) is 11.3. The molecule has 3 nitrogen and oxygen atoms in total. The molecule has 0 aliphatic rings. The van der Waals surface area contributed by atoms with E-state index < -0.39 is 11.2 Å². The fourth-order valence-corrected chi connectivity index (χ4v) is 1.89. The molecule has 2 heterocycles. The van der Waals surface area contributed by atoms with Crippen LogP contribution in [0.1, 0.15) is 5.01 Å². The lowest BCUT2D eigenvalue weighted by Gasteiger charge is -1.99.